The van der Waals surface area contributed by atoms with Crippen LogP contribution in [0.25, 0.3) is 0 Å². The lowest BCUT2D eigenvalue weighted by atomic mass is 9.61. The number of likely N-dealkylation sites (N-methyl/N-ethyl adjacent to an activating group) is 1. The number of methoxy groups -OCH3 is 1. The molecule has 12 heteroatoms. The minimum atomic E-state index is -1.82. The molecule has 0 spiro atoms. The summed E-state index contributed by atoms with van der Waals surface area (Å²) < 4.78 is 5.27. The molecule has 3 aromatic rings. The second-order valence-electron chi connectivity index (χ2n) is 11.5. The third-order valence-corrected chi connectivity index (χ3v) is 9.99. The molecule has 0 aromatic heterocycles. The molecule has 2 aliphatic rings. The Kier molecular flexibility index (Phi) is 11.0. The molecule has 10 nitrogen and oxygen atoms in total. The first kappa shape index (κ1) is 34.7. The topological polar surface area (TPSA) is 150 Å². The minimum Gasteiger partial charge on any atom is -0.497 e. The Hall–Kier alpha value is -4.12. The molecule has 244 valence electrons. The SMILES string of the molecule is CCN1CCC(C(N)=O)(c2ccccc2)CC1C1(c2ccc(Cl)c(Cl)c2)CCN(C(=O)c2ccc(OC)cc2)C1.O=C(O)C(=O)O. The molecular formula is C34H37Cl2N3O7. The molecule has 2 heterocycles. The summed E-state index contributed by atoms with van der Waals surface area (Å²) in [5.41, 5.74) is 7.48. The number of benzene rings is 3. The highest BCUT2D eigenvalue weighted by Crippen LogP contribution is 2.49. The monoisotopic (exact) mass is 669 g/mol. The summed E-state index contributed by atoms with van der Waals surface area (Å²) in [5.74, 6) is -3.29. The first-order valence-corrected chi connectivity index (χ1v) is 15.6. The predicted octanol–water partition coefficient (Wildman–Crippen LogP) is 4.85. The standard InChI is InChI=1S/C32H35Cl2N3O3.C2H2O4/c1-3-36-17-15-31(30(35)39,23-7-5-4-6-8-23)20-28(36)32(24-11-14-26(33)27(34)19-24)16-18-37(21-32)29(38)22-9-12-25(40-2)13-10-22;3-1(4)2(5)6/h4-14,19,28H,3,15-18,20-21H2,1-2H3,(H2,35,39);(H,3,4)(H,5,6). The number of amides is 2. The fourth-order valence-electron chi connectivity index (χ4n) is 6.79. The molecule has 2 saturated heterocycles. The lowest BCUT2D eigenvalue weighted by Crippen LogP contribution is -2.61. The number of carbonyl (C=O) groups is 4. The predicted molar refractivity (Wildman–Crippen MR) is 175 cm³/mol. The second-order valence-corrected chi connectivity index (χ2v) is 12.3. The number of piperidine rings is 1. The van der Waals surface area contributed by atoms with Crippen molar-refractivity contribution in [2.75, 3.05) is 33.3 Å². The first-order chi connectivity index (χ1) is 21.9. The Morgan fingerprint density at radius 3 is 2.09 bits per heavy atom. The first-order valence-electron chi connectivity index (χ1n) is 14.8. The van der Waals surface area contributed by atoms with Crippen molar-refractivity contribution in [3.63, 3.8) is 0 Å². The molecule has 3 unspecified atom stereocenters. The summed E-state index contributed by atoms with van der Waals surface area (Å²) in [4.78, 5) is 49.6. The van der Waals surface area contributed by atoms with Crippen molar-refractivity contribution < 1.29 is 34.1 Å². The molecule has 2 aliphatic heterocycles. The Morgan fingerprint density at radius 2 is 1.54 bits per heavy atom. The van der Waals surface area contributed by atoms with E-state index in [2.05, 4.69) is 11.8 Å². The highest BCUT2D eigenvalue weighted by atomic mass is 35.5. The van der Waals surface area contributed by atoms with Crippen LogP contribution in [-0.2, 0) is 25.2 Å². The average molecular weight is 671 g/mol. The summed E-state index contributed by atoms with van der Waals surface area (Å²) in [5, 5.41) is 15.7. The van der Waals surface area contributed by atoms with Gasteiger partial charge in [0.15, 0.2) is 0 Å². The average Bonchev–Trinajstić information content (AvgIpc) is 3.52. The van der Waals surface area contributed by atoms with Gasteiger partial charge >= 0.3 is 11.9 Å². The van der Waals surface area contributed by atoms with Crippen molar-refractivity contribution in [1.29, 1.82) is 0 Å². The summed E-state index contributed by atoms with van der Waals surface area (Å²) in [6.45, 7) is 4.73. The Balaban J connectivity index is 0.000000731. The van der Waals surface area contributed by atoms with Crippen LogP contribution in [0.1, 0.15) is 47.7 Å². The Morgan fingerprint density at radius 1 is 0.891 bits per heavy atom. The Labute approximate surface area is 277 Å². The van der Waals surface area contributed by atoms with Crippen LogP contribution in [-0.4, -0.2) is 83.1 Å². The molecule has 2 amide bonds. The van der Waals surface area contributed by atoms with Crippen LogP contribution in [0.4, 0.5) is 0 Å². The maximum absolute atomic E-state index is 13.7. The van der Waals surface area contributed by atoms with E-state index in [1.807, 2.05) is 53.4 Å². The number of aliphatic carboxylic acids is 2. The van der Waals surface area contributed by atoms with Gasteiger partial charge in [0.1, 0.15) is 5.75 Å². The van der Waals surface area contributed by atoms with Gasteiger partial charge in [0.2, 0.25) is 5.91 Å². The van der Waals surface area contributed by atoms with Gasteiger partial charge in [-0.2, -0.15) is 0 Å². The number of nitrogens with two attached hydrogens (primary N) is 1. The van der Waals surface area contributed by atoms with Crippen LogP contribution in [0.2, 0.25) is 10.0 Å². The fraction of sp³-hybridized carbons (Fsp3) is 0.353. The van der Waals surface area contributed by atoms with E-state index < -0.39 is 22.8 Å². The van der Waals surface area contributed by atoms with Gasteiger partial charge in [0.05, 0.1) is 22.6 Å². The molecule has 5 rings (SSSR count). The Bertz CT molecular complexity index is 1580. The van der Waals surface area contributed by atoms with E-state index in [1.165, 1.54) is 0 Å². The van der Waals surface area contributed by atoms with Crippen LogP contribution in [0.3, 0.4) is 0 Å². The summed E-state index contributed by atoms with van der Waals surface area (Å²) >= 11 is 12.9. The third-order valence-electron chi connectivity index (χ3n) is 9.25. The van der Waals surface area contributed by atoms with Crippen molar-refractivity contribution in [2.24, 2.45) is 5.73 Å². The molecule has 0 bridgehead atoms. The largest absolute Gasteiger partial charge is 0.497 e. The molecule has 3 aromatic carbocycles. The van der Waals surface area contributed by atoms with E-state index in [0.29, 0.717) is 53.8 Å². The summed E-state index contributed by atoms with van der Waals surface area (Å²) in [6.07, 6.45) is 1.91. The number of halogens is 2. The molecule has 0 radical (unpaired) electrons. The number of carboxylic acids is 2. The number of ether oxygens (including phenoxy) is 1. The van der Waals surface area contributed by atoms with Gasteiger partial charge in [0.25, 0.3) is 5.91 Å². The van der Waals surface area contributed by atoms with Gasteiger partial charge in [-0.3, -0.25) is 14.5 Å². The molecule has 4 N–H and O–H groups in total. The van der Waals surface area contributed by atoms with Gasteiger partial charge in [-0.1, -0.05) is 66.5 Å². The smallest absolute Gasteiger partial charge is 0.414 e. The number of likely N-dealkylation sites (tertiary alicyclic amines) is 2. The number of carboxylic acid groups (broad SMARTS) is 2. The van der Waals surface area contributed by atoms with Crippen molar-refractivity contribution >= 4 is 47.0 Å². The van der Waals surface area contributed by atoms with Crippen molar-refractivity contribution in [3.05, 3.63) is 99.5 Å². The minimum absolute atomic E-state index is 0.0346. The maximum Gasteiger partial charge on any atom is 0.414 e. The van der Waals surface area contributed by atoms with Gasteiger partial charge in [-0.15, -0.1) is 0 Å². The maximum atomic E-state index is 13.7. The molecule has 2 fully saturated rings. The van der Waals surface area contributed by atoms with Crippen LogP contribution in [0.5, 0.6) is 5.75 Å². The third kappa shape index (κ3) is 6.99. The molecule has 0 saturated carbocycles. The van der Waals surface area contributed by atoms with E-state index in [-0.39, 0.29) is 17.9 Å². The quantitative estimate of drug-likeness (QED) is 0.302. The number of carbonyl (C=O) groups excluding carboxylic acids is 2. The van der Waals surface area contributed by atoms with Gasteiger partial charge in [-0.05, 0) is 79.9 Å². The van der Waals surface area contributed by atoms with Crippen LogP contribution >= 0.6 is 23.2 Å². The highest BCUT2D eigenvalue weighted by Gasteiger charge is 2.55. The molecular weight excluding hydrogens is 633 g/mol. The number of hydrogen-bond donors (Lipinski definition) is 3. The van der Waals surface area contributed by atoms with Crippen LogP contribution in [0, 0.1) is 0 Å². The highest BCUT2D eigenvalue weighted by molar-refractivity contribution is 6.42. The number of hydrogen-bond acceptors (Lipinski definition) is 6. The van der Waals surface area contributed by atoms with Crippen molar-refractivity contribution in [3.8, 4) is 5.75 Å². The normalized spacial score (nSPS) is 22.8. The summed E-state index contributed by atoms with van der Waals surface area (Å²) in [6, 6.07) is 22.8. The van der Waals surface area contributed by atoms with Gasteiger partial charge in [0, 0.05) is 30.1 Å². The van der Waals surface area contributed by atoms with Crippen molar-refractivity contribution in [1.82, 2.24) is 9.80 Å². The number of primary amides is 1. The fourth-order valence-corrected chi connectivity index (χ4v) is 7.09. The van der Waals surface area contributed by atoms with E-state index in [0.717, 1.165) is 24.1 Å². The van der Waals surface area contributed by atoms with Gasteiger partial charge < -0.3 is 25.6 Å². The van der Waals surface area contributed by atoms with E-state index in [9.17, 15) is 9.59 Å². The van der Waals surface area contributed by atoms with Crippen LogP contribution in [0.15, 0.2) is 72.8 Å². The van der Waals surface area contributed by atoms with E-state index in [1.54, 1.807) is 31.4 Å². The number of rotatable bonds is 7. The second kappa shape index (κ2) is 14.5. The zero-order chi connectivity index (χ0) is 33.6. The lowest BCUT2D eigenvalue weighted by molar-refractivity contribution is -0.159. The molecule has 3 atom stereocenters. The van der Waals surface area contributed by atoms with E-state index in [4.69, 9.17) is 53.5 Å². The molecule has 0 aliphatic carbocycles. The zero-order valence-electron chi connectivity index (χ0n) is 25.6. The summed E-state index contributed by atoms with van der Waals surface area (Å²) in [7, 11) is 1.61. The van der Waals surface area contributed by atoms with Crippen LogP contribution < -0.4 is 10.5 Å². The van der Waals surface area contributed by atoms with Crippen molar-refractivity contribution in [2.45, 2.75) is 43.1 Å². The molecule has 46 heavy (non-hydrogen) atoms. The zero-order valence-corrected chi connectivity index (χ0v) is 27.1. The lowest BCUT2D eigenvalue weighted by Gasteiger charge is -2.52. The van der Waals surface area contributed by atoms with Gasteiger partial charge in [-0.25, -0.2) is 9.59 Å². The van der Waals surface area contributed by atoms with E-state index >= 15 is 0 Å². The number of nitrogens with zero attached hydrogens (tertiary/aromatic N) is 2.